The molecule has 4 aromatic rings. The summed E-state index contributed by atoms with van der Waals surface area (Å²) in [6.45, 7) is 7.91. The molecule has 5 heteroatoms. The van der Waals surface area contributed by atoms with E-state index < -0.39 is 0 Å². The quantitative estimate of drug-likeness (QED) is 0.140. The van der Waals surface area contributed by atoms with Crippen molar-refractivity contribution in [1.82, 2.24) is 4.98 Å². The maximum Gasteiger partial charge on any atom is 0.0692 e. The number of pyridine rings is 1. The summed E-state index contributed by atoms with van der Waals surface area (Å²) >= 11 is 0. The Kier molecular flexibility index (Phi) is 10.9. The maximum atomic E-state index is 4.86. The van der Waals surface area contributed by atoms with E-state index in [9.17, 15) is 0 Å². The molecule has 179 valence electrons. The molecule has 3 nitrogen and oxygen atoms in total. The first-order valence-corrected chi connectivity index (χ1v) is 13.9. The van der Waals surface area contributed by atoms with Gasteiger partial charge in [-0.3, -0.25) is 4.98 Å². The van der Waals surface area contributed by atoms with Gasteiger partial charge in [-0.25, -0.2) is 0 Å². The molecule has 4 bridgehead atoms. The zero-order valence-corrected chi connectivity index (χ0v) is 23.6. The van der Waals surface area contributed by atoms with E-state index in [1.54, 1.807) is 0 Å². The third kappa shape index (κ3) is 7.24. The van der Waals surface area contributed by atoms with Crippen LogP contribution in [0.4, 0.5) is 11.4 Å². The summed E-state index contributed by atoms with van der Waals surface area (Å²) in [5.41, 5.74) is 7.99. The van der Waals surface area contributed by atoms with Crippen LogP contribution in [0.5, 0.6) is 0 Å². The van der Waals surface area contributed by atoms with Crippen LogP contribution in [-0.2, 0) is 33.2 Å². The second-order valence-electron chi connectivity index (χ2n) is 8.27. The number of rotatable bonds is 0. The molecule has 0 amide bonds. The number of nitrogens with zero attached hydrogens (tertiary/aromatic N) is 3. The second kappa shape index (κ2) is 13.4. The van der Waals surface area contributed by atoms with Gasteiger partial charge in [0.15, 0.2) is 0 Å². The molecule has 2 heterocycles. The molecule has 1 aromatic heterocycles. The van der Waals surface area contributed by atoms with Gasteiger partial charge in [-0.1, -0.05) is 61.1 Å². The van der Waals surface area contributed by atoms with Gasteiger partial charge in [0, 0.05) is 45.8 Å². The Hall–Kier alpha value is -2.51. The smallest absolute Gasteiger partial charge is 0.0692 e. The molecule has 0 atom stereocenters. The molecule has 0 unspecified atom stereocenters. The van der Waals surface area contributed by atoms with Gasteiger partial charge in [-0.05, 0) is 25.6 Å². The number of hydrogen-bond donors (Lipinski definition) is 0. The maximum absolute atomic E-state index is 4.86. The summed E-state index contributed by atoms with van der Waals surface area (Å²) in [5.74, 6) is 0. The fourth-order valence-corrected chi connectivity index (χ4v) is 3.49. The van der Waals surface area contributed by atoms with Crippen LogP contribution in [0, 0.1) is 13.5 Å². The Morgan fingerprint density at radius 2 is 1.29 bits per heavy atom. The predicted octanol–water partition coefficient (Wildman–Crippen LogP) is 8.48. The fourth-order valence-electron chi connectivity index (χ4n) is 3.49. The van der Waals surface area contributed by atoms with Crippen LogP contribution in [0.2, 0.25) is 0 Å². The van der Waals surface area contributed by atoms with Crippen molar-refractivity contribution < 1.29 is 20.1 Å². The number of aromatic nitrogens is 1. The second-order valence-corrected chi connectivity index (χ2v) is 11.3. The zero-order chi connectivity index (χ0) is 22.3. The number of hydrogen-bond acceptors (Lipinski definition) is 1. The van der Waals surface area contributed by atoms with Gasteiger partial charge in [-0.15, -0.1) is 53.2 Å². The van der Waals surface area contributed by atoms with Gasteiger partial charge in [0.1, 0.15) is 0 Å². The van der Waals surface area contributed by atoms with E-state index in [0.29, 0.717) is 13.1 Å². The van der Waals surface area contributed by atoms with E-state index in [-0.39, 0.29) is 35.5 Å². The fraction of sp³-hybridized carbons (Fsp3) is 0.172. The standard InChI is InChI=1S/C25H18N3.C3H9P.CH3.Ir/c1-3-12-23-21(10-1)19-8-5-7-18(15-19)16-26-24-13-4-2-11-22(24)25-14-6-9-20(28-25)17-27-23;1-4(2)3;;/h1-14H,16-17H2;1-3H3;1H3;/q-3;;-1;/p+1. The Balaban J connectivity index is 0.000000634. The Bertz CT molecular complexity index is 1100. The zero-order valence-electron chi connectivity index (χ0n) is 20.2. The Morgan fingerprint density at radius 1 is 0.706 bits per heavy atom. The Labute approximate surface area is 219 Å². The van der Waals surface area contributed by atoms with Crippen molar-refractivity contribution in [2.75, 3.05) is 20.0 Å². The van der Waals surface area contributed by atoms with Gasteiger partial charge in [0.25, 0.3) is 0 Å². The van der Waals surface area contributed by atoms with Crippen molar-refractivity contribution >= 4 is 19.3 Å². The minimum atomic E-state index is 0. The first-order valence-electron chi connectivity index (χ1n) is 10.9. The van der Waals surface area contributed by atoms with Gasteiger partial charge in [0.05, 0.1) is 5.69 Å². The van der Waals surface area contributed by atoms with E-state index in [2.05, 4.69) is 56.4 Å². The molecule has 5 rings (SSSR count). The molecule has 0 spiro atoms. The van der Waals surface area contributed by atoms with Gasteiger partial charge < -0.3 is 18.1 Å². The van der Waals surface area contributed by atoms with E-state index in [0.717, 1.165) is 45.0 Å². The number of para-hydroxylation sites is 2. The van der Waals surface area contributed by atoms with Crippen molar-refractivity contribution in [2.45, 2.75) is 13.1 Å². The molecular weight excluding hydrogens is 614 g/mol. The molecule has 3 aromatic carbocycles. The van der Waals surface area contributed by atoms with Crippen LogP contribution in [0.15, 0.2) is 84.9 Å². The summed E-state index contributed by atoms with van der Waals surface area (Å²) in [4.78, 5) is 4.84. The van der Waals surface area contributed by atoms with Crippen molar-refractivity contribution in [1.29, 1.82) is 0 Å². The first kappa shape index (κ1) is 27.7. The topological polar surface area (TPSA) is 41.1 Å². The van der Waals surface area contributed by atoms with Crippen LogP contribution in [0.3, 0.4) is 0 Å². The molecule has 0 N–H and O–H groups in total. The third-order valence-electron chi connectivity index (χ3n) is 4.87. The SMILES string of the molecule is C[PH+](C)C.[CH3-].[Ir].[c-]1c2cccc1-c1ccccc1[N-]Cc1cccc(n1)-c1ccccc1[N-]C2. The van der Waals surface area contributed by atoms with Crippen LogP contribution in [-0.4, -0.2) is 25.0 Å². The molecule has 0 saturated carbocycles. The summed E-state index contributed by atoms with van der Waals surface area (Å²) in [7, 11) is 0.120. The molecule has 0 aliphatic carbocycles. The normalized spacial score (nSPS) is 11.4. The molecule has 1 aliphatic rings. The monoisotopic (exact) mass is 645 g/mol. The molecule has 1 aliphatic heterocycles. The average Bonchev–Trinajstić information content (AvgIpc) is 2.81. The molecule has 1 radical (unpaired) electrons. The number of fused-ring (bicyclic) bond motifs is 8. The summed E-state index contributed by atoms with van der Waals surface area (Å²) in [6.07, 6.45) is 0. The van der Waals surface area contributed by atoms with E-state index in [1.165, 1.54) is 0 Å². The number of benzene rings is 3. The van der Waals surface area contributed by atoms with Gasteiger partial charge in [0.2, 0.25) is 0 Å². The summed E-state index contributed by atoms with van der Waals surface area (Å²) in [6, 6.07) is 32.2. The summed E-state index contributed by atoms with van der Waals surface area (Å²) in [5, 5.41) is 9.71. The largest absolute Gasteiger partial charge is 0.687 e. The third-order valence-corrected chi connectivity index (χ3v) is 4.87. The molecule has 0 saturated heterocycles. The van der Waals surface area contributed by atoms with E-state index in [4.69, 9.17) is 15.6 Å². The van der Waals surface area contributed by atoms with Gasteiger partial charge >= 0.3 is 0 Å². The predicted molar refractivity (Wildman–Crippen MR) is 146 cm³/mol. The van der Waals surface area contributed by atoms with E-state index >= 15 is 0 Å². The van der Waals surface area contributed by atoms with E-state index in [1.807, 2.05) is 54.6 Å². The van der Waals surface area contributed by atoms with Gasteiger partial charge in [-0.2, -0.15) is 5.69 Å². The average molecular weight is 645 g/mol. The van der Waals surface area contributed by atoms with Crippen molar-refractivity contribution in [3.05, 3.63) is 120 Å². The van der Waals surface area contributed by atoms with Crippen LogP contribution in [0.1, 0.15) is 11.3 Å². The van der Waals surface area contributed by atoms with Crippen LogP contribution < -0.4 is 0 Å². The van der Waals surface area contributed by atoms with Crippen LogP contribution in [0.25, 0.3) is 33.0 Å². The molecular formula is C29H31IrN3P-3. The molecule has 0 fully saturated rings. The van der Waals surface area contributed by atoms with Crippen molar-refractivity contribution in [3.8, 4) is 22.4 Å². The van der Waals surface area contributed by atoms with Crippen molar-refractivity contribution in [2.24, 2.45) is 0 Å². The first-order chi connectivity index (χ1) is 15.6. The minimum Gasteiger partial charge on any atom is -0.687 e. The minimum absolute atomic E-state index is 0. The van der Waals surface area contributed by atoms with Crippen LogP contribution >= 0.6 is 7.92 Å². The summed E-state index contributed by atoms with van der Waals surface area (Å²) < 4.78 is 0. The van der Waals surface area contributed by atoms with Crippen molar-refractivity contribution in [3.63, 3.8) is 0 Å². The molecule has 34 heavy (non-hydrogen) atoms. The Morgan fingerprint density at radius 3 is 2.03 bits per heavy atom.